The number of hydrogen-bond donors (Lipinski definition) is 0. The van der Waals surface area contributed by atoms with Gasteiger partial charge in [-0.2, -0.15) is 0 Å². The van der Waals surface area contributed by atoms with Crippen molar-refractivity contribution in [1.29, 1.82) is 0 Å². The molecule has 0 aliphatic heterocycles. The molecule has 0 amide bonds. The highest BCUT2D eigenvalue weighted by Gasteiger charge is 2.56. The van der Waals surface area contributed by atoms with Gasteiger partial charge in [-0.05, 0) is 69.2 Å². The summed E-state index contributed by atoms with van der Waals surface area (Å²) in [5.41, 5.74) is 6.37. The summed E-state index contributed by atoms with van der Waals surface area (Å²) in [6, 6.07) is 10.3. The van der Waals surface area contributed by atoms with Crippen LogP contribution < -0.4 is 0 Å². The van der Waals surface area contributed by atoms with E-state index in [4.69, 9.17) is 0 Å². The Bertz CT molecular complexity index is 1350. The second-order valence-corrected chi connectivity index (χ2v) is 17.3. The highest BCUT2D eigenvalue weighted by Crippen LogP contribution is 2.69. The van der Waals surface area contributed by atoms with Gasteiger partial charge in [0.1, 0.15) is 0 Å². The molecule has 0 radical (unpaired) electrons. The van der Waals surface area contributed by atoms with Crippen LogP contribution in [0.1, 0.15) is 123 Å². The Labute approximate surface area is 227 Å². The lowest BCUT2D eigenvalue weighted by Gasteiger charge is -2.28. The third kappa shape index (κ3) is 3.19. The third-order valence-electron chi connectivity index (χ3n) is 7.61. The van der Waals surface area contributed by atoms with Gasteiger partial charge in [0, 0.05) is 39.0 Å². The minimum atomic E-state index is -0.150. The smallest absolute Gasteiger partial charge is 0.0759 e. The molecule has 0 saturated heterocycles. The predicted molar refractivity (Wildman–Crippen MR) is 160 cm³/mol. The Kier molecular flexibility index (Phi) is 5.13. The molecule has 0 unspecified atom stereocenters. The monoisotopic (exact) mass is 536 g/mol. The normalized spacial score (nSPS) is 15.9. The molecule has 2 aliphatic rings. The fourth-order valence-corrected chi connectivity index (χ4v) is 10.9. The zero-order chi connectivity index (χ0) is 25.2. The van der Waals surface area contributed by atoms with Crippen LogP contribution in [-0.4, -0.2) is 0 Å². The molecule has 0 fully saturated rings. The van der Waals surface area contributed by atoms with Crippen molar-refractivity contribution >= 4 is 45.3 Å². The van der Waals surface area contributed by atoms with Gasteiger partial charge in [-0.1, -0.05) is 69.2 Å². The summed E-state index contributed by atoms with van der Waals surface area (Å²) in [4.78, 5) is 12.2. The lowest BCUT2D eigenvalue weighted by atomic mass is 9.71. The Morgan fingerprint density at radius 2 is 0.829 bits per heavy atom. The molecule has 4 heterocycles. The summed E-state index contributed by atoms with van der Waals surface area (Å²) in [6.07, 6.45) is 0. The summed E-state index contributed by atoms with van der Waals surface area (Å²) in [5, 5.41) is 0. The molecule has 2 aliphatic carbocycles. The van der Waals surface area contributed by atoms with Crippen molar-refractivity contribution in [2.45, 2.75) is 97.3 Å². The van der Waals surface area contributed by atoms with E-state index in [0.29, 0.717) is 11.8 Å². The molecule has 0 aromatic carbocycles. The van der Waals surface area contributed by atoms with Gasteiger partial charge in [-0.25, -0.2) is 0 Å². The van der Waals surface area contributed by atoms with Crippen molar-refractivity contribution in [3.8, 4) is 19.5 Å². The van der Waals surface area contributed by atoms with Crippen LogP contribution in [0.25, 0.3) is 19.5 Å². The molecule has 0 atom stereocenters. The molecule has 0 N–H and O–H groups in total. The molecule has 0 saturated carbocycles. The fourth-order valence-electron chi connectivity index (χ4n) is 5.57. The molecule has 0 nitrogen and oxygen atoms in total. The van der Waals surface area contributed by atoms with Crippen molar-refractivity contribution in [3.05, 3.63) is 66.0 Å². The molecule has 4 aromatic heterocycles. The van der Waals surface area contributed by atoms with E-state index in [1.165, 1.54) is 39.0 Å². The van der Waals surface area contributed by atoms with E-state index in [1.54, 1.807) is 22.3 Å². The summed E-state index contributed by atoms with van der Waals surface area (Å²) in [6.45, 7) is 23.6. The summed E-state index contributed by atoms with van der Waals surface area (Å²) < 4.78 is 0. The van der Waals surface area contributed by atoms with Gasteiger partial charge in [0.15, 0.2) is 0 Å². The zero-order valence-electron chi connectivity index (χ0n) is 22.6. The first-order valence-electron chi connectivity index (χ1n) is 12.8. The van der Waals surface area contributed by atoms with Crippen LogP contribution in [0.2, 0.25) is 0 Å². The molecule has 35 heavy (non-hydrogen) atoms. The van der Waals surface area contributed by atoms with Gasteiger partial charge in [0.25, 0.3) is 0 Å². The lowest BCUT2D eigenvalue weighted by Crippen LogP contribution is -2.25. The second kappa shape index (κ2) is 7.43. The third-order valence-corrected chi connectivity index (χ3v) is 13.9. The predicted octanol–water partition coefficient (Wildman–Crippen LogP) is 11.1. The molecule has 1 spiro atoms. The van der Waals surface area contributed by atoms with Gasteiger partial charge in [-0.15, -0.1) is 45.3 Å². The van der Waals surface area contributed by atoms with Gasteiger partial charge < -0.3 is 0 Å². The molecular weight excluding hydrogens is 501 g/mol. The van der Waals surface area contributed by atoms with E-state index in [9.17, 15) is 0 Å². The van der Waals surface area contributed by atoms with Crippen LogP contribution in [0.3, 0.4) is 0 Å². The van der Waals surface area contributed by atoms with Crippen LogP contribution >= 0.6 is 45.3 Å². The van der Waals surface area contributed by atoms with Crippen molar-refractivity contribution in [2.75, 3.05) is 0 Å². The van der Waals surface area contributed by atoms with Gasteiger partial charge >= 0.3 is 0 Å². The summed E-state index contributed by atoms with van der Waals surface area (Å²) in [7, 11) is 0. The van der Waals surface area contributed by atoms with E-state index in [1.807, 2.05) is 45.3 Å². The van der Waals surface area contributed by atoms with E-state index >= 15 is 0 Å². The summed E-state index contributed by atoms with van der Waals surface area (Å²) in [5.74, 6) is 1.10. The zero-order valence-corrected chi connectivity index (χ0v) is 25.9. The minimum absolute atomic E-state index is 0.150. The fraction of sp³-hybridized carbons (Fsp3) is 0.484. The highest BCUT2D eigenvalue weighted by molar-refractivity contribution is 7.24. The SMILES string of the molecule is CC(C)c1cc2c(s1)-c1sc(C(C)(C)C)cc1C21c2cc(C(C)C)sc2-c2sc(C(C)(C)C)cc21. The van der Waals surface area contributed by atoms with E-state index in [-0.39, 0.29) is 16.2 Å². The number of thiophene rings is 4. The molecule has 6 rings (SSSR count). The largest absolute Gasteiger partial charge is 0.139 e. The first-order valence-corrected chi connectivity index (χ1v) is 16.1. The van der Waals surface area contributed by atoms with Gasteiger partial charge in [0.05, 0.1) is 5.41 Å². The van der Waals surface area contributed by atoms with Crippen molar-refractivity contribution in [2.24, 2.45) is 0 Å². The Hall–Kier alpha value is -1.20. The average Bonchev–Trinajstić information content (AvgIpc) is 3.50. The maximum absolute atomic E-state index is 2.59. The first kappa shape index (κ1) is 24.2. The van der Waals surface area contributed by atoms with Crippen LogP contribution in [0.5, 0.6) is 0 Å². The lowest BCUT2D eigenvalue weighted by molar-refractivity contribution is 0.601. The minimum Gasteiger partial charge on any atom is -0.139 e. The molecule has 4 aromatic rings. The topological polar surface area (TPSA) is 0 Å². The first-order chi connectivity index (χ1) is 16.2. The number of fused-ring (bicyclic) bond motifs is 10. The maximum atomic E-state index is 2.59. The number of hydrogen-bond acceptors (Lipinski definition) is 4. The van der Waals surface area contributed by atoms with Gasteiger partial charge in [-0.3, -0.25) is 0 Å². The quantitative estimate of drug-likeness (QED) is 0.206. The number of rotatable bonds is 2. The highest BCUT2D eigenvalue weighted by atomic mass is 32.1. The molecule has 4 heteroatoms. The standard InChI is InChI=1S/C31H36S4/c1-15(2)21-11-17-25(32-21)27-19(13-23(34-27)29(5,6)7)31(17)18-12-22(16(3)4)33-26(18)28-20(31)14-24(35-28)30(8,9)10/h11-16H,1-10H3. The van der Waals surface area contributed by atoms with Crippen molar-refractivity contribution in [1.82, 2.24) is 0 Å². The molecular formula is C31H36S4. The summed E-state index contributed by atoms with van der Waals surface area (Å²) >= 11 is 8.20. The Morgan fingerprint density at radius 3 is 1.14 bits per heavy atom. The van der Waals surface area contributed by atoms with Crippen LogP contribution in [0, 0.1) is 0 Å². The van der Waals surface area contributed by atoms with E-state index in [2.05, 4.69) is 93.5 Å². The molecule has 184 valence electrons. The van der Waals surface area contributed by atoms with Gasteiger partial charge in [0.2, 0.25) is 0 Å². The van der Waals surface area contributed by atoms with Crippen LogP contribution in [0.4, 0.5) is 0 Å². The second-order valence-electron chi connectivity index (χ2n) is 13.0. The molecule has 0 bridgehead atoms. The van der Waals surface area contributed by atoms with Crippen LogP contribution in [-0.2, 0) is 16.2 Å². The Morgan fingerprint density at radius 1 is 0.514 bits per heavy atom. The van der Waals surface area contributed by atoms with Crippen LogP contribution in [0.15, 0.2) is 24.3 Å². The maximum Gasteiger partial charge on any atom is 0.0759 e. The van der Waals surface area contributed by atoms with E-state index < -0.39 is 0 Å². The van der Waals surface area contributed by atoms with Crippen molar-refractivity contribution in [3.63, 3.8) is 0 Å². The van der Waals surface area contributed by atoms with Crippen molar-refractivity contribution < 1.29 is 0 Å². The van der Waals surface area contributed by atoms with E-state index in [0.717, 1.165) is 0 Å². The average molecular weight is 537 g/mol. The Balaban J connectivity index is 1.76.